The summed E-state index contributed by atoms with van der Waals surface area (Å²) in [5.74, 6) is -1.39. The smallest absolute Gasteiger partial charge is 0.163 e. The molecule has 88 valence electrons. The van der Waals surface area contributed by atoms with Crippen LogP contribution in [0.2, 0.25) is 10.3 Å². The third kappa shape index (κ3) is 2.03. The van der Waals surface area contributed by atoms with Crippen molar-refractivity contribution in [3.05, 3.63) is 45.7 Å². The Kier molecular flexibility index (Phi) is 3.13. The van der Waals surface area contributed by atoms with Gasteiger partial charge in [0.1, 0.15) is 22.5 Å². The normalized spacial score (nSPS) is 10.6. The molecule has 0 aliphatic rings. The average molecular weight is 277 g/mol. The van der Waals surface area contributed by atoms with Crippen LogP contribution in [-0.2, 0) is 0 Å². The molecule has 1 aromatic carbocycles. The van der Waals surface area contributed by atoms with E-state index in [4.69, 9.17) is 23.2 Å². The molecule has 0 radical (unpaired) electrons. The van der Waals surface area contributed by atoms with Gasteiger partial charge >= 0.3 is 0 Å². The summed E-state index contributed by atoms with van der Waals surface area (Å²) >= 11 is 11.4. The Labute approximate surface area is 105 Å². The van der Waals surface area contributed by atoms with Gasteiger partial charge in [-0.05, 0) is 12.1 Å². The highest BCUT2D eigenvalue weighted by Gasteiger charge is 2.18. The SMILES string of the molecule is O=Cc1c(Cl)nn(-c2cc(F)ccc2F)c1Cl. The summed E-state index contributed by atoms with van der Waals surface area (Å²) in [5.41, 5.74) is -0.290. The van der Waals surface area contributed by atoms with Crippen molar-refractivity contribution in [1.29, 1.82) is 0 Å². The van der Waals surface area contributed by atoms with E-state index in [1.54, 1.807) is 0 Å². The third-order valence-electron chi connectivity index (χ3n) is 2.07. The summed E-state index contributed by atoms with van der Waals surface area (Å²) in [6.45, 7) is 0. The lowest BCUT2D eigenvalue weighted by atomic mass is 10.3. The van der Waals surface area contributed by atoms with E-state index in [0.717, 1.165) is 22.9 Å². The zero-order valence-electron chi connectivity index (χ0n) is 8.12. The minimum Gasteiger partial charge on any atom is -0.298 e. The van der Waals surface area contributed by atoms with Crippen molar-refractivity contribution in [1.82, 2.24) is 9.78 Å². The lowest BCUT2D eigenvalue weighted by Gasteiger charge is -2.04. The van der Waals surface area contributed by atoms with E-state index in [9.17, 15) is 13.6 Å². The van der Waals surface area contributed by atoms with Crippen molar-refractivity contribution in [3.8, 4) is 5.69 Å². The Balaban J connectivity index is 2.68. The van der Waals surface area contributed by atoms with Crippen LogP contribution in [0.5, 0.6) is 0 Å². The van der Waals surface area contributed by atoms with E-state index in [1.807, 2.05) is 0 Å². The highest BCUT2D eigenvalue weighted by molar-refractivity contribution is 6.37. The zero-order valence-corrected chi connectivity index (χ0v) is 9.64. The molecule has 2 rings (SSSR count). The Morgan fingerprint density at radius 2 is 2.00 bits per heavy atom. The summed E-state index contributed by atoms with van der Waals surface area (Å²) in [5, 5.41) is 3.32. The van der Waals surface area contributed by atoms with E-state index >= 15 is 0 Å². The van der Waals surface area contributed by atoms with Gasteiger partial charge in [0.2, 0.25) is 0 Å². The van der Waals surface area contributed by atoms with Crippen molar-refractivity contribution in [2.24, 2.45) is 0 Å². The molecular weight excluding hydrogens is 273 g/mol. The first kappa shape index (κ1) is 12.0. The lowest BCUT2D eigenvalue weighted by Crippen LogP contribution is -2.00. The molecule has 17 heavy (non-hydrogen) atoms. The molecule has 1 aromatic heterocycles. The maximum Gasteiger partial charge on any atom is 0.163 e. The summed E-state index contributed by atoms with van der Waals surface area (Å²) in [6.07, 6.45) is 0.394. The number of carbonyl (C=O) groups is 1. The first-order valence-corrected chi connectivity index (χ1v) is 5.15. The van der Waals surface area contributed by atoms with E-state index in [-0.39, 0.29) is 21.6 Å². The summed E-state index contributed by atoms with van der Waals surface area (Å²) in [6, 6.07) is 2.79. The number of aromatic nitrogens is 2. The molecule has 0 fully saturated rings. The largest absolute Gasteiger partial charge is 0.298 e. The van der Waals surface area contributed by atoms with Gasteiger partial charge in [0, 0.05) is 6.07 Å². The second kappa shape index (κ2) is 4.43. The van der Waals surface area contributed by atoms with Gasteiger partial charge in [-0.15, -0.1) is 0 Å². The molecular formula is C10H4Cl2F2N2O. The molecule has 1 heterocycles. The molecule has 0 atom stereocenters. The fourth-order valence-electron chi connectivity index (χ4n) is 1.29. The van der Waals surface area contributed by atoms with Crippen molar-refractivity contribution in [2.45, 2.75) is 0 Å². The van der Waals surface area contributed by atoms with Gasteiger partial charge in [-0.3, -0.25) is 4.79 Å². The molecule has 0 bridgehead atoms. The van der Waals surface area contributed by atoms with Gasteiger partial charge in [-0.2, -0.15) is 5.10 Å². The van der Waals surface area contributed by atoms with E-state index in [1.165, 1.54) is 0 Å². The third-order valence-corrected chi connectivity index (χ3v) is 2.72. The van der Waals surface area contributed by atoms with Crippen LogP contribution in [0.4, 0.5) is 8.78 Å². The van der Waals surface area contributed by atoms with Crippen LogP contribution in [0.25, 0.3) is 5.69 Å². The molecule has 0 saturated carbocycles. The maximum absolute atomic E-state index is 13.5. The molecule has 0 spiro atoms. The van der Waals surface area contributed by atoms with Crippen LogP contribution in [0, 0.1) is 11.6 Å². The summed E-state index contributed by atoms with van der Waals surface area (Å²) < 4.78 is 27.3. The van der Waals surface area contributed by atoms with E-state index < -0.39 is 11.6 Å². The molecule has 0 aliphatic carbocycles. The number of hydrogen-bond donors (Lipinski definition) is 0. The monoisotopic (exact) mass is 276 g/mol. The fourth-order valence-corrected chi connectivity index (χ4v) is 1.81. The van der Waals surface area contributed by atoms with Crippen LogP contribution in [-0.4, -0.2) is 16.1 Å². The van der Waals surface area contributed by atoms with Gasteiger partial charge < -0.3 is 0 Å². The van der Waals surface area contributed by atoms with E-state index in [0.29, 0.717) is 6.29 Å². The Morgan fingerprint density at radius 1 is 1.29 bits per heavy atom. The van der Waals surface area contributed by atoms with Crippen molar-refractivity contribution >= 4 is 29.5 Å². The fraction of sp³-hybridized carbons (Fsp3) is 0. The highest BCUT2D eigenvalue weighted by Crippen LogP contribution is 2.26. The highest BCUT2D eigenvalue weighted by atomic mass is 35.5. The van der Waals surface area contributed by atoms with Crippen LogP contribution < -0.4 is 0 Å². The number of aldehydes is 1. The number of hydrogen-bond acceptors (Lipinski definition) is 2. The number of rotatable bonds is 2. The number of halogens is 4. The van der Waals surface area contributed by atoms with Gasteiger partial charge in [-0.1, -0.05) is 23.2 Å². The minimum atomic E-state index is -0.732. The quantitative estimate of drug-likeness (QED) is 0.789. The molecule has 0 amide bonds. The molecule has 3 nitrogen and oxygen atoms in total. The molecule has 0 aliphatic heterocycles. The summed E-state index contributed by atoms with van der Waals surface area (Å²) in [7, 11) is 0. The summed E-state index contributed by atoms with van der Waals surface area (Å²) in [4.78, 5) is 10.7. The predicted molar refractivity (Wildman–Crippen MR) is 58.9 cm³/mol. The van der Waals surface area contributed by atoms with Crippen molar-refractivity contribution < 1.29 is 13.6 Å². The topological polar surface area (TPSA) is 34.9 Å². The number of benzene rings is 1. The predicted octanol–water partition coefficient (Wildman–Crippen LogP) is 3.27. The minimum absolute atomic E-state index is 0.0722. The molecule has 0 N–H and O–H groups in total. The second-order valence-electron chi connectivity index (χ2n) is 3.12. The second-order valence-corrected chi connectivity index (χ2v) is 3.84. The van der Waals surface area contributed by atoms with Crippen LogP contribution in [0.15, 0.2) is 18.2 Å². The first-order chi connectivity index (χ1) is 8.04. The van der Waals surface area contributed by atoms with Gasteiger partial charge in [-0.25, -0.2) is 13.5 Å². The van der Waals surface area contributed by atoms with Crippen LogP contribution in [0.3, 0.4) is 0 Å². The first-order valence-electron chi connectivity index (χ1n) is 4.39. The Hall–Kier alpha value is -1.46. The van der Waals surface area contributed by atoms with Crippen molar-refractivity contribution in [2.75, 3.05) is 0 Å². The molecule has 0 saturated heterocycles. The Morgan fingerprint density at radius 3 is 2.59 bits per heavy atom. The molecule has 2 aromatic rings. The number of carbonyl (C=O) groups excluding carboxylic acids is 1. The lowest BCUT2D eigenvalue weighted by molar-refractivity contribution is 0.112. The Bertz CT molecular complexity index is 598. The van der Waals surface area contributed by atoms with Gasteiger partial charge in [0.15, 0.2) is 11.4 Å². The van der Waals surface area contributed by atoms with E-state index in [2.05, 4.69) is 5.10 Å². The van der Waals surface area contributed by atoms with Gasteiger partial charge in [0.25, 0.3) is 0 Å². The van der Waals surface area contributed by atoms with Crippen LogP contribution >= 0.6 is 23.2 Å². The zero-order chi connectivity index (χ0) is 12.6. The standard InChI is InChI=1S/C10H4Cl2F2N2O/c11-9-6(4-17)10(12)16(15-9)8-3-5(13)1-2-7(8)14/h1-4H. The number of nitrogens with zero attached hydrogens (tertiary/aromatic N) is 2. The maximum atomic E-state index is 13.5. The molecule has 0 unspecified atom stereocenters. The van der Waals surface area contributed by atoms with Crippen molar-refractivity contribution in [3.63, 3.8) is 0 Å². The average Bonchev–Trinajstić information content (AvgIpc) is 2.57. The van der Waals surface area contributed by atoms with Gasteiger partial charge in [0.05, 0.1) is 5.56 Å². The molecule has 7 heteroatoms. The van der Waals surface area contributed by atoms with Crippen LogP contribution in [0.1, 0.15) is 10.4 Å².